The molecule has 0 radical (unpaired) electrons. The first kappa shape index (κ1) is 17.0. The lowest BCUT2D eigenvalue weighted by molar-refractivity contribution is -0.117. The van der Waals surface area contributed by atoms with Gasteiger partial charge in [0.15, 0.2) is 5.13 Å². The van der Waals surface area contributed by atoms with Crippen LogP contribution in [0.4, 0.5) is 9.52 Å². The Morgan fingerprint density at radius 1 is 1.38 bits per heavy atom. The van der Waals surface area contributed by atoms with E-state index in [-0.39, 0.29) is 18.3 Å². The maximum Gasteiger partial charge on any atom is 0.240 e. The number of carbonyl (C=O) groups excluding carboxylic acids is 1. The van der Waals surface area contributed by atoms with Gasteiger partial charge in [-0.05, 0) is 37.9 Å². The Labute approximate surface area is 144 Å². The molecule has 1 aromatic carbocycles. The van der Waals surface area contributed by atoms with Crippen molar-refractivity contribution in [2.24, 2.45) is 5.92 Å². The summed E-state index contributed by atoms with van der Waals surface area (Å²) in [7, 11) is 0. The number of piperidine rings is 1. The minimum atomic E-state index is -0.300. The van der Waals surface area contributed by atoms with Crippen LogP contribution in [0.5, 0.6) is 0 Å². The number of thiazole rings is 1. The number of hydrogen-bond donors (Lipinski definition) is 2. The van der Waals surface area contributed by atoms with E-state index < -0.39 is 0 Å². The quantitative estimate of drug-likeness (QED) is 0.871. The zero-order valence-corrected chi connectivity index (χ0v) is 14.1. The van der Waals surface area contributed by atoms with E-state index in [1.165, 1.54) is 17.4 Å². The average Bonchev–Trinajstić information content (AvgIpc) is 3.04. The molecule has 0 spiro atoms. The Morgan fingerprint density at radius 3 is 2.83 bits per heavy atom. The highest BCUT2D eigenvalue weighted by atomic mass is 32.1. The summed E-state index contributed by atoms with van der Waals surface area (Å²) in [4.78, 5) is 19.1. The summed E-state index contributed by atoms with van der Waals surface area (Å²) >= 11 is 1.26. The largest absolute Gasteiger partial charge is 0.396 e. The predicted octanol–water partition coefficient (Wildman–Crippen LogP) is 2.59. The summed E-state index contributed by atoms with van der Waals surface area (Å²) in [6.45, 7) is 2.17. The van der Waals surface area contributed by atoms with Gasteiger partial charge in [-0.3, -0.25) is 9.69 Å². The predicted molar refractivity (Wildman–Crippen MR) is 92.4 cm³/mol. The maximum atomic E-state index is 13.8. The topological polar surface area (TPSA) is 65.5 Å². The number of anilines is 1. The standard InChI is InChI=1S/C17H20FN3O2S/c18-14-4-2-1-3-13(14)15-9-19-17(24-15)20-16(23)10-21-7-5-12(11-22)6-8-21/h1-4,9,12,22H,5-8,10-11H2,(H,19,20,23). The van der Waals surface area contributed by atoms with Crippen LogP contribution in [0.1, 0.15) is 12.8 Å². The van der Waals surface area contributed by atoms with Crippen molar-refractivity contribution in [3.05, 3.63) is 36.3 Å². The van der Waals surface area contributed by atoms with Crippen molar-refractivity contribution < 1.29 is 14.3 Å². The molecular formula is C17H20FN3O2S. The highest BCUT2D eigenvalue weighted by Crippen LogP contribution is 2.30. The second-order valence-electron chi connectivity index (χ2n) is 5.96. The minimum absolute atomic E-state index is 0.119. The molecule has 2 N–H and O–H groups in total. The SMILES string of the molecule is O=C(CN1CCC(CO)CC1)Nc1ncc(-c2ccccc2F)s1. The van der Waals surface area contributed by atoms with Gasteiger partial charge in [0.2, 0.25) is 5.91 Å². The first-order valence-corrected chi connectivity index (χ1v) is 8.81. The van der Waals surface area contributed by atoms with E-state index in [4.69, 9.17) is 5.11 Å². The molecule has 1 amide bonds. The number of amides is 1. The number of carbonyl (C=O) groups is 1. The third-order valence-electron chi connectivity index (χ3n) is 4.22. The molecule has 3 rings (SSSR count). The summed E-state index contributed by atoms with van der Waals surface area (Å²) in [6.07, 6.45) is 3.41. The lowest BCUT2D eigenvalue weighted by Crippen LogP contribution is -2.39. The van der Waals surface area contributed by atoms with Gasteiger partial charge in [-0.2, -0.15) is 0 Å². The summed E-state index contributed by atoms with van der Waals surface area (Å²) in [5.74, 6) is -0.0655. The molecule has 128 valence electrons. The molecule has 24 heavy (non-hydrogen) atoms. The van der Waals surface area contributed by atoms with Crippen molar-refractivity contribution in [3.8, 4) is 10.4 Å². The number of aliphatic hydroxyl groups excluding tert-OH is 1. The van der Waals surface area contributed by atoms with Crippen molar-refractivity contribution in [1.29, 1.82) is 0 Å². The van der Waals surface area contributed by atoms with Crippen molar-refractivity contribution in [3.63, 3.8) is 0 Å². The van der Waals surface area contributed by atoms with Crippen LogP contribution in [-0.4, -0.2) is 47.1 Å². The zero-order chi connectivity index (χ0) is 16.9. The Hall–Kier alpha value is -1.83. The van der Waals surface area contributed by atoms with Crippen molar-refractivity contribution in [2.45, 2.75) is 12.8 Å². The average molecular weight is 349 g/mol. The van der Waals surface area contributed by atoms with Crippen LogP contribution >= 0.6 is 11.3 Å². The maximum absolute atomic E-state index is 13.8. The molecule has 0 unspecified atom stereocenters. The van der Waals surface area contributed by atoms with Gasteiger partial charge in [-0.1, -0.05) is 29.5 Å². The molecule has 2 aromatic rings. The Kier molecular flexibility index (Phi) is 5.55. The molecule has 2 heterocycles. The number of rotatable bonds is 5. The van der Waals surface area contributed by atoms with Crippen molar-refractivity contribution in [2.75, 3.05) is 31.6 Å². The lowest BCUT2D eigenvalue weighted by Gasteiger charge is -2.30. The number of benzene rings is 1. The molecule has 1 fully saturated rings. The first-order valence-electron chi connectivity index (χ1n) is 7.99. The fraction of sp³-hybridized carbons (Fsp3) is 0.412. The van der Waals surface area contributed by atoms with Crippen LogP contribution in [0.15, 0.2) is 30.5 Å². The van der Waals surface area contributed by atoms with Crippen LogP contribution in [0, 0.1) is 11.7 Å². The second-order valence-corrected chi connectivity index (χ2v) is 6.99. The number of nitrogens with one attached hydrogen (secondary N) is 1. The van der Waals surface area contributed by atoms with Gasteiger partial charge in [0, 0.05) is 18.4 Å². The van der Waals surface area contributed by atoms with Crippen molar-refractivity contribution in [1.82, 2.24) is 9.88 Å². The number of hydrogen-bond acceptors (Lipinski definition) is 5. The van der Waals surface area contributed by atoms with Gasteiger partial charge in [-0.15, -0.1) is 0 Å². The third-order valence-corrected chi connectivity index (χ3v) is 5.17. The van der Waals surface area contributed by atoms with Gasteiger partial charge in [0.25, 0.3) is 0 Å². The number of aliphatic hydroxyl groups is 1. The molecule has 1 aromatic heterocycles. The van der Waals surface area contributed by atoms with E-state index in [1.807, 2.05) is 0 Å². The highest BCUT2D eigenvalue weighted by molar-refractivity contribution is 7.19. The number of likely N-dealkylation sites (tertiary alicyclic amines) is 1. The molecule has 1 aliphatic rings. The van der Waals surface area contributed by atoms with E-state index in [0.29, 0.717) is 28.0 Å². The number of nitrogens with zero attached hydrogens (tertiary/aromatic N) is 2. The summed E-state index contributed by atoms with van der Waals surface area (Å²) < 4.78 is 13.8. The second kappa shape index (κ2) is 7.83. The Bertz CT molecular complexity index is 699. The Balaban J connectivity index is 1.55. The summed E-state index contributed by atoms with van der Waals surface area (Å²) in [5, 5.41) is 12.4. The molecule has 0 atom stereocenters. The van der Waals surface area contributed by atoms with Crippen LogP contribution in [0.3, 0.4) is 0 Å². The number of halogens is 1. The van der Waals surface area contributed by atoms with Gasteiger partial charge < -0.3 is 10.4 Å². The first-order chi connectivity index (χ1) is 11.7. The molecule has 5 nitrogen and oxygen atoms in total. The van der Waals surface area contributed by atoms with E-state index in [1.54, 1.807) is 24.4 Å². The molecular weight excluding hydrogens is 329 g/mol. The van der Waals surface area contributed by atoms with Crippen molar-refractivity contribution >= 4 is 22.4 Å². The van der Waals surface area contributed by atoms with Gasteiger partial charge in [0.1, 0.15) is 5.82 Å². The fourth-order valence-corrected chi connectivity index (χ4v) is 3.67. The van der Waals surface area contributed by atoms with Crippen LogP contribution in [0.25, 0.3) is 10.4 Å². The zero-order valence-electron chi connectivity index (χ0n) is 13.2. The molecule has 0 saturated carbocycles. The number of aromatic nitrogens is 1. The van der Waals surface area contributed by atoms with E-state index in [9.17, 15) is 9.18 Å². The Morgan fingerprint density at radius 2 is 2.12 bits per heavy atom. The smallest absolute Gasteiger partial charge is 0.240 e. The lowest BCUT2D eigenvalue weighted by atomic mass is 9.98. The molecule has 1 saturated heterocycles. The normalized spacial score (nSPS) is 16.2. The van der Waals surface area contributed by atoms with E-state index in [2.05, 4.69) is 15.2 Å². The third kappa shape index (κ3) is 4.17. The molecule has 0 bridgehead atoms. The van der Waals surface area contributed by atoms with Crippen LogP contribution in [-0.2, 0) is 4.79 Å². The van der Waals surface area contributed by atoms with Gasteiger partial charge in [0.05, 0.1) is 11.4 Å². The summed E-state index contributed by atoms with van der Waals surface area (Å²) in [6, 6.07) is 6.51. The van der Waals surface area contributed by atoms with Crippen LogP contribution < -0.4 is 5.32 Å². The molecule has 7 heteroatoms. The monoisotopic (exact) mass is 349 g/mol. The molecule has 0 aliphatic carbocycles. The van der Waals surface area contributed by atoms with E-state index in [0.717, 1.165) is 25.9 Å². The van der Waals surface area contributed by atoms with Crippen LogP contribution in [0.2, 0.25) is 0 Å². The summed E-state index contributed by atoms with van der Waals surface area (Å²) in [5.41, 5.74) is 0.488. The fourth-order valence-electron chi connectivity index (χ4n) is 2.81. The van der Waals surface area contributed by atoms with Gasteiger partial charge >= 0.3 is 0 Å². The highest BCUT2D eigenvalue weighted by Gasteiger charge is 2.20. The minimum Gasteiger partial charge on any atom is -0.396 e. The molecule has 1 aliphatic heterocycles. The van der Waals surface area contributed by atoms with Gasteiger partial charge in [-0.25, -0.2) is 9.37 Å². The van der Waals surface area contributed by atoms with E-state index >= 15 is 0 Å².